The van der Waals surface area contributed by atoms with Gasteiger partial charge in [0.25, 0.3) is 15.9 Å². The summed E-state index contributed by atoms with van der Waals surface area (Å²) < 4.78 is 32.6. The first-order valence-corrected chi connectivity index (χ1v) is 10.8. The van der Waals surface area contributed by atoms with Gasteiger partial charge in [-0.2, -0.15) is 0 Å². The first-order valence-electron chi connectivity index (χ1n) is 9.36. The molecule has 2 aromatic rings. The number of aryl methyl sites for hydroxylation is 2. The fraction of sp³-hybridized carbons (Fsp3) is 0.381. The predicted octanol–water partition coefficient (Wildman–Crippen LogP) is 3.13. The molecule has 7 heteroatoms. The van der Waals surface area contributed by atoms with Crippen LogP contribution in [0.25, 0.3) is 0 Å². The molecule has 1 aliphatic rings. The molecule has 6 nitrogen and oxygen atoms in total. The molecule has 0 bridgehead atoms. The van der Waals surface area contributed by atoms with Gasteiger partial charge < -0.3 is 9.64 Å². The molecular formula is C21H26N2O4S. The Labute approximate surface area is 166 Å². The molecular weight excluding hydrogens is 376 g/mol. The quantitative estimate of drug-likeness (QED) is 0.745. The number of hydrogen-bond acceptors (Lipinski definition) is 4. The number of rotatable bonds is 6. The van der Waals surface area contributed by atoms with Crippen molar-refractivity contribution in [2.24, 2.45) is 0 Å². The normalized spacial score (nSPS) is 14.2. The molecule has 1 saturated heterocycles. The van der Waals surface area contributed by atoms with Crippen LogP contribution in [-0.4, -0.2) is 46.0 Å². The second-order valence-electron chi connectivity index (χ2n) is 7.09. The maximum absolute atomic E-state index is 12.9. The number of nitrogens with zero attached hydrogens (tertiary/aromatic N) is 2. The van der Waals surface area contributed by atoms with Gasteiger partial charge in [-0.1, -0.05) is 6.07 Å². The minimum Gasteiger partial charge on any atom is -0.484 e. The number of amides is 1. The molecule has 0 saturated carbocycles. The van der Waals surface area contributed by atoms with Gasteiger partial charge in [-0.05, 0) is 74.2 Å². The lowest BCUT2D eigenvalue weighted by molar-refractivity contribution is -0.132. The van der Waals surface area contributed by atoms with E-state index in [1.54, 1.807) is 41.3 Å². The molecule has 0 N–H and O–H groups in total. The highest BCUT2D eigenvalue weighted by atomic mass is 32.2. The summed E-state index contributed by atoms with van der Waals surface area (Å²) in [5.74, 6) is 0.518. The maximum atomic E-state index is 12.9. The highest BCUT2D eigenvalue weighted by Gasteiger charge is 2.22. The van der Waals surface area contributed by atoms with Crippen LogP contribution in [0.5, 0.6) is 5.75 Å². The molecule has 2 aromatic carbocycles. The third kappa shape index (κ3) is 4.30. The molecule has 0 aromatic heterocycles. The van der Waals surface area contributed by atoms with Gasteiger partial charge in [-0.3, -0.25) is 9.10 Å². The maximum Gasteiger partial charge on any atom is 0.264 e. The lowest BCUT2D eigenvalue weighted by atomic mass is 10.1. The highest BCUT2D eigenvalue weighted by Crippen LogP contribution is 2.25. The van der Waals surface area contributed by atoms with E-state index in [0.29, 0.717) is 11.4 Å². The first-order chi connectivity index (χ1) is 13.3. The van der Waals surface area contributed by atoms with Crippen molar-refractivity contribution in [1.29, 1.82) is 0 Å². The van der Waals surface area contributed by atoms with Gasteiger partial charge in [0.15, 0.2) is 6.61 Å². The monoisotopic (exact) mass is 402 g/mol. The number of carbonyl (C=O) groups excluding carboxylic acids is 1. The van der Waals surface area contributed by atoms with Gasteiger partial charge in [0.05, 0.1) is 10.6 Å². The van der Waals surface area contributed by atoms with Gasteiger partial charge in [0.2, 0.25) is 0 Å². The Morgan fingerprint density at radius 2 is 1.68 bits per heavy atom. The number of carbonyl (C=O) groups is 1. The van der Waals surface area contributed by atoms with Crippen LogP contribution in [0, 0.1) is 13.8 Å². The minimum absolute atomic E-state index is 0.00384. The molecule has 0 unspecified atom stereocenters. The zero-order valence-corrected chi connectivity index (χ0v) is 17.3. The van der Waals surface area contributed by atoms with Crippen LogP contribution < -0.4 is 9.04 Å². The minimum atomic E-state index is -3.65. The van der Waals surface area contributed by atoms with Crippen LogP contribution in [0.2, 0.25) is 0 Å². The lowest BCUT2D eigenvalue weighted by Gasteiger charge is -2.20. The summed E-state index contributed by atoms with van der Waals surface area (Å²) in [6, 6.07) is 11.8. The molecule has 150 valence electrons. The van der Waals surface area contributed by atoms with Crippen LogP contribution in [-0.2, 0) is 14.8 Å². The summed E-state index contributed by atoms with van der Waals surface area (Å²) in [6.45, 7) is 5.42. The average Bonchev–Trinajstić information content (AvgIpc) is 3.23. The van der Waals surface area contributed by atoms with E-state index >= 15 is 0 Å². The van der Waals surface area contributed by atoms with Gasteiger partial charge in [-0.25, -0.2) is 8.42 Å². The van der Waals surface area contributed by atoms with E-state index in [2.05, 4.69) is 0 Å². The van der Waals surface area contributed by atoms with Crippen molar-refractivity contribution in [1.82, 2.24) is 4.90 Å². The second-order valence-corrected chi connectivity index (χ2v) is 9.06. The Morgan fingerprint density at radius 1 is 1.04 bits per heavy atom. The second kappa shape index (κ2) is 8.22. The van der Waals surface area contributed by atoms with E-state index in [-0.39, 0.29) is 17.4 Å². The van der Waals surface area contributed by atoms with Crippen molar-refractivity contribution in [3.05, 3.63) is 53.6 Å². The van der Waals surface area contributed by atoms with Gasteiger partial charge in [0.1, 0.15) is 5.75 Å². The van der Waals surface area contributed by atoms with E-state index in [4.69, 9.17) is 4.74 Å². The number of likely N-dealkylation sites (tertiary alicyclic amines) is 1. The van der Waals surface area contributed by atoms with E-state index in [1.807, 2.05) is 19.9 Å². The number of sulfonamides is 1. The SMILES string of the molecule is Cc1ccc(S(=O)(=O)N(C)c2ccc(OCC(=O)N3CCCC3)cc2)cc1C. The fourth-order valence-corrected chi connectivity index (χ4v) is 4.41. The first kappa shape index (κ1) is 20.2. The van der Waals surface area contributed by atoms with Crippen molar-refractivity contribution in [3.8, 4) is 5.75 Å². The van der Waals surface area contributed by atoms with Crippen molar-refractivity contribution in [2.45, 2.75) is 31.6 Å². The van der Waals surface area contributed by atoms with Crippen LogP contribution in [0.3, 0.4) is 0 Å². The summed E-state index contributed by atoms with van der Waals surface area (Å²) in [7, 11) is -2.12. The van der Waals surface area contributed by atoms with E-state index in [1.165, 1.54) is 11.4 Å². The Balaban J connectivity index is 1.67. The Kier molecular flexibility index (Phi) is 5.93. The Morgan fingerprint density at radius 3 is 2.29 bits per heavy atom. The lowest BCUT2D eigenvalue weighted by Crippen LogP contribution is -2.32. The van der Waals surface area contributed by atoms with Crippen molar-refractivity contribution < 1.29 is 17.9 Å². The van der Waals surface area contributed by atoms with Crippen molar-refractivity contribution in [3.63, 3.8) is 0 Å². The Hall–Kier alpha value is -2.54. The zero-order valence-electron chi connectivity index (χ0n) is 16.5. The number of benzene rings is 2. The molecule has 1 heterocycles. The van der Waals surface area contributed by atoms with E-state index < -0.39 is 10.0 Å². The smallest absolute Gasteiger partial charge is 0.264 e. The summed E-state index contributed by atoms with van der Waals surface area (Å²) in [6.07, 6.45) is 2.09. The number of ether oxygens (including phenoxy) is 1. The molecule has 28 heavy (non-hydrogen) atoms. The summed E-state index contributed by atoms with van der Waals surface area (Å²) in [5.41, 5.74) is 2.50. The van der Waals surface area contributed by atoms with E-state index in [9.17, 15) is 13.2 Å². The molecule has 0 atom stereocenters. The van der Waals surface area contributed by atoms with Gasteiger partial charge in [0, 0.05) is 20.1 Å². The number of anilines is 1. The van der Waals surface area contributed by atoms with E-state index in [0.717, 1.165) is 37.1 Å². The van der Waals surface area contributed by atoms with Crippen LogP contribution in [0.1, 0.15) is 24.0 Å². The molecule has 3 rings (SSSR count). The predicted molar refractivity (Wildman–Crippen MR) is 109 cm³/mol. The van der Waals surface area contributed by atoms with Crippen LogP contribution >= 0.6 is 0 Å². The summed E-state index contributed by atoms with van der Waals surface area (Å²) in [4.78, 5) is 14.1. The molecule has 1 aliphatic heterocycles. The standard InChI is InChI=1S/C21H26N2O4S/c1-16-6-11-20(14-17(16)2)28(25,26)22(3)18-7-9-19(10-8-18)27-15-21(24)23-12-4-5-13-23/h6-11,14H,4-5,12-13,15H2,1-3H3. The fourth-order valence-electron chi connectivity index (χ4n) is 3.13. The van der Waals surface area contributed by atoms with Crippen LogP contribution in [0.4, 0.5) is 5.69 Å². The molecule has 0 spiro atoms. The van der Waals surface area contributed by atoms with Crippen molar-refractivity contribution >= 4 is 21.6 Å². The average molecular weight is 403 g/mol. The third-order valence-corrected chi connectivity index (χ3v) is 6.94. The largest absolute Gasteiger partial charge is 0.484 e. The van der Waals surface area contributed by atoms with Crippen molar-refractivity contribution in [2.75, 3.05) is 31.0 Å². The summed E-state index contributed by atoms with van der Waals surface area (Å²) >= 11 is 0. The highest BCUT2D eigenvalue weighted by molar-refractivity contribution is 7.92. The number of hydrogen-bond donors (Lipinski definition) is 0. The van der Waals surface area contributed by atoms with Gasteiger partial charge in [-0.15, -0.1) is 0 Å². The molecule has 0 radical (unpaired) electrons. The topological polar surface area (TPSA) is 66.9 Å². The zero-order chi connectivity index (χ0) is 20.3. The molecule has 0 aliphatic carbocycles. The van der Waals surface area contributed by atoms with Gasteiger partial charge >= 0.3 is 0 Å². The Bertz CT molecular complexity index is 949. The molecule has 1 fully saturated rings. The summed E-state index contributed by atoms with van der Waals surface area (Å²) in [5, 5.41) is 0. The molecule has 1 amide bonds. The third-order valence-electron chi connectivity index (χ3n) is 5.16. The van der Waals surface area contributed by atoms with Crippen LogP contribution in [0.15, 0.2) is 47.4 Å².